The second kappa shape index (κ2) is 9.40. The summed E-state index contributed by atoms with van der Waals surface area (Å²) in [5.74, 6) is -0.0124. The molecular formula is C23H24N2OS. The van der Waals surface area contributed by atoms with Crippen molar-refractivity contribution >= 4 is 23.4 Å². The first-order valence-electron chi connectivity index (χ1n) is 8.91. The lowest BCUT2D eigenvalue weighted by Gasteiger charge is -2.17. The number of likely N-dealkylation sites (N-methyl/N-ethyl adjacent to an activating group) is 1. The molecule has 0 unspecified atom stereocenters. The fraction of sp³-hybridized carbons (Fsp3) is 0.174. The summed E-state index contributed by atoms with van der Waals surface area (Å²) in [7, 11) is 1.96. The van der Waals surface area contributed by atoms with Gasteiger partial charge in [-0.05, 0) is 42.6 Å². The van der Waals surface area contributed by atoms with Crippen LogP contribution in [-0.2, 0) is 11.3 Å². The largest absolute Gasteiger partial charge is 0.324 e. The number of carbonyl (C=O) groups is 1. The smallest absolute Gasteiger partial charge is 0.238 e. The quantitative estimate of drug-likeness (QED) is 0.579. The van der Waals surface area contributed by atoms with Crippen LogP contribution in [0.15, 0.2) is 83.8 Å². The normalized spacial score (nSPS) is 10.8. The zero-order valence-electron chi connectivity index (χ0n) is 15.7. The van der Waals surface area contributed by atoms with E-state index in [9.17, 15) is 4.79 Å². The van der Waals surface area contributed by atoms with Crippen LogP contribution in [0.3, 0.4) is 0 Å². The Kier molecular flexibility index (Phi) is 6.69. The number of nitrogens with one attached hydrogen (secondary N) is 1. The van der Waals surface area contributed by atoms with Crippen molar-refractivity contribution in [1.29, 1.82) is 0 Å². The summed E-state index contributed by atoms with van der Waals surface area (Å²) in [6, 6.07) is 26.5. The molecule has 0 saturated carbocycles. The number of hydrogen-bond donors (Lipinski definition) is 1. The second-order valence-corrected chi connectivity index (χ2v) is 7.36. The van der Waals surface area contributed by atoms with Crippen LogP contribution in [0.4, 0.5) is 5.69 Å². The second-order valence-electron chi connectivity index (χ2n) is 6.48. The van der Waals surface area contributed by atoms with E-state index < -0.39 is 0 Å². The number of benzene rings is 3. The molecule has 0 bridgehead atoms. The standard InChI is InChI=1S/C23H24N2OS/c1-25(16-18-12-14-20(27-2)15-13-18)17-23(26)24-22-11-7-6-10-21(22)19-8-4-3-5-9-19/h3-15H,16-17H2,1-2H3,(H,24,26). The Morgan fingerprint density at radius 2 is 1.59 bits per heavy atom. The summed E-state index contributed by atoms with van der Waals surface area (Å²) in [5.41, 5.74) is 4.16. The third kappa shape index (κ3) is 5.46. The third-order valence-corrected chi connectivity index (χ3v) is 5.05. The van der Waals surface area contributed by atoms with Crippen LogP contribution in [-0.4, -0.2) is 30.7 Å². The number of hydrogen-bond acceptors (Lipinski definition) is 3. The van der Waals surface area contributed by atoms with Crippen molar-refractivity contribution in [3.8, 4) is 11.1 Å². The number of para-hydroxylation sites is 1. The molecule has 4 heteroatoms. The molecule has 3 nitrogen and oxygen atoms in total. The molecule has 0 aliphatic heterocycles. The van der Waals surface area contributed by atoms with Crippen LogP contribution in [0.25, 0.3) is 11.1 Å². The van der Waals surface area contributed by atoms with Gasteiger partial charge in [0.25, 0.3) is 0 Å². The van der Waals surface area contributed by atoms with Crippen LogP contribution in [0, 0.1) is 0 Å². The molecule has 1 N–H and O–H groups in total. The molecule has 0 fully saturated rings. The van der Waals surface area contributed by atoms with E-state index in [1.807, 2.05) is 54.4 Å². The van der Waals surface area contributed by atoms with Crippen molar-refractivity contribution in [1.82, 2.24) is 4.90 Å². The van der Waals surface area contributed by atoms with E-state index >= 15 is 0 Å². The first-order valence-corrected chi connectivity index (χ1v) is 10.1. The van der Waals surface area contributed by atoms with E-state index in [-0.39, 0.29) is 5.91 Å². The maximum Gasteiger partial charge on any atom is 0.238 e. The number of thioether (sulfide) groups is 1. The van der Waals surface area contributed by atoms with E-state index in [2.05, 4.69) is 48.0 Å². The van der Waals surface area contributed by atoms with Gasteiger partial charge >= 0.3 is 0 Å². The summed E-state index contributed by atoms with van der Waals surface area (Å²) >= 11 is 1.73. The van der Waals surface area contributed by atoms with Crippen molar-refractivity contribution < 1.29 is 4.79 Å². The van der Waals surface area contributed by atoms with Crippen molar-refractivity contribution in [2.24, 2.45) is 0 Å². The minimum atomic E-state index is -0.0124. The van der Waals surface area contributed by atoms with Gasteiger partial charge in [-0.15, -0.1) is 11.8 Å². The molecule has 3 aromatic carbocycles. The molecular weight excluding hydrogens is 352 g/mol. The number of anilines is 1. The van der Waals surface area contributed by atoms with E-state index in [0.717, 1.165) is 23.4 Å². The van der Waals surface area contributed by atoms with Crippen molar-refractivity contribution in [2.45, 2.75) is 11.4 Å². The molecule has 0 saturated heterocycles. The molecule has 3 aromatic rings. The Balaban J connectivity index is 1.62. The lowest BCUT2D eigenvalue weighted by atomic mass is 10.0. The van der Waals surface area contributed by atoms with Gasteiger partial charge in [0.2, 0.25) is 5.91 Å². The molecule has 1 amide bonds. The summed E-state index contributed by atoms with van der Waals surface area (Å²) in [6.45, 7) is 1.08. The Morgan fingerprint density at radius 1 is 0.926 bits per heavy atom. The van der Waals surface area contributed by atoms with E-state index in [4.69, 9.17) is 0 Å². The molecule has 27 heavy (non-hydrogen) atoms. The molecule has 0 spiro atoms. The van der Waals surface area contributed by atoms with Gasteiger partial charge in [-0.3, -0.25) is 9.69 Å². The SMILES string of the molecule is CSc1ccc(CN(C)CC(=O)Nc2ccccc2-c2ccccc2)cc1. The maximum absolute atomic E-state index is 12.5. The van der Waals surface area contributed by atoms with Crippen molar-refractivity contribution in [2.75, 3.05) is 25.2 Å². The van der Waals surface area contributed by atoms with Gasteiger partial charge in [0, 0.05) is 22.7 Å². The topological polar surface area (TPSA) is 32.3 Å². The van der Waals surface area contributed by atoms with Gasteiger partial charge in [-0.2, -0.15) is 0 Å². The van der Waals surface area contributed by atoms with E-state index in [0.29, 0.717) is 6.54 Å². The summed E-state index contributed by atoms with van der Waals surface area (Å²) < 4.78 is 0. The Labute approximate surface area is 165 Å². The molecule has 3 rings (SSSR count). The van der Waals surface area contributed by atoms with Gasteiger partial charge in [0.05, 0.1) is 6.54 Å². The maximum atomic E-state index is 12.5. The highest BCUT2D eigenvalue weighted by atomic mass is 32.2. The number of nitrogens with zero attached hydrogens (tertiary/aromatic N) is 1. The lowest BCUT2D eigenvalue weighted by Crippen LogP contribution is -2.30. The van der Waals surface area contributed by atoms with Gasteiger partial charge in [-0.1, -0.05) is 60.7 Å². The third-order valence-electron chi connectivity index (χ3n) is 4.31. The Bertz CT molecular complexity index is 878. The average molecular weight is 377 g/mol. The summed E-state index contributed by atoms with van der Waals surface area (Å²) in [5, 5.41) is 3.06. The fourth-order valence-electron chi connectivity index (χ4n) is 2.99. The zero-order chi connectivity index (χ0) is 19.1. The van der Waals surface area contributed by atoms with Gasteiger partial charge in [-0.25, -0.2) is 0 Å². The molecule has 0 aliphatic rings. The van der Waals surface area contributed by atoms with Gasteiger partial charge < -0.3 is 5.32 Å². The van der Waals surface area contributed by atoms with E-state index in [1.54, 1.807) is 11.8 Å². The predicted octanol–water partition coefficient (Wildman–Crippen LogP) is 5.15. The first-order chi connectivity index (χ1) is 13.2. The van der Waals surface area contributed by atoms with Crippen LogP contribution in [0.1, 0.15) is 5.56 Å². The van der Waals surface area contributed by atoms with Crippen LogP contribution in [0.5, 0.6) is 0 Å². The molecule has 0 radical (unpaired) electrons. The molecule has 138 valence electrons. The highest BCUT2D eigenvalue weighted by Gasteiger charge is 2.11. The van der Waals surface area contributed by atoms with Crippen LogP contribution < -0.4 is 5.32 Å². The highest BCUT2D eigenvalue weighted by molar-refractivity contribution is 7.98. The summed E-state index contributed by atoms with van der Waals surface area (Å²) in [4.78, 5) is 15.8. The minimum absolute atomic E-state index is 0.0124. The fourth-order valence-corrected chi connectivity index (χ4v) is 3.40. The van der Waals surface area contributed by atoms with Gasteiger partial charge in [0.15, 0.2) is 0 Å². The predicted molar refractivity (Wildman–Crippen MR) is 115 cm³/mol. The monoisotopic (exact) mass is 376 g/mol. The van der Waals surface area contributed by atoms with Crippen LogP contribution in [0.2, 0.25) is 0 Å². The average Bonchev–Trinajstić information content (AvgIpc) is 2.69. The van der Waals surface area contributed by atoms with Crippen molar-refractivity contribution in [3.05, 3.63) is 84.4 Å². The van der Waals surface area contributed by atoms with E-state index in [1.165, 1.54) is 10.5 Å². The first kappa shape index (κ1) is 19.2. The molecule has 0 atom stereocenters. The van der Waals surface area contributed by atoms with Crippen molar-refractivity contribution in [3.63, 3.8) is 0 Å². The van der Waals surface area contributed by atoms with Gasteiger partial charge in [0.1, 0.15) is 0 Å². The summed E-state index contributed by atoms with van der Waals surface area (Å²) in [6.07, 6.45) is 2.07. The Morgan fingerprint density at radius 3 is 2.30 bits per heavy atom. The lowest BCUT2D eigenvalue weighted by molar-refractivity contribution is -0.117. The molecule has 0 aromatic heterocycles. The number of amides is 1. The Hall–Kier alpha value is -2.56. The molecule has 0 heterocycles. The molecule has 0 aliphatic carbocycles. The number of rotatable bonds is 7. The number of carbonyl (C=O) groups excluding carboxylic acids is 1. The minimum Gasteiger partial charge on any atom is -0.324 e. The zero-order valence-corrected chi connectivity index (χ0v) is 16.5. The highest BCUT2D eigenvalue weighted by Crippen LogP contribution is 2.27. The van der Waals surface area contributed by atoms with Crippen LogP contribution >= 0.6 is 11.8 Å².